The Balaban J connectivity index is 2.68. The molecule has 7 heteroatoms. The summed E-state index contributed by atoms with van der Waals surface area (Å²) >= 11 is 0. The molecule has 100 valence electrons. The number of hydrogen-bond acceptors (Lipinski definition) is 3. The molecule has 0 bridgehead atoms. The first-order valence-corrected chi connectivity index (χ1v) is 5.44. The molecule has 0 aliphatic heterocycles. The largest absolute Gasteiger partial charge is 0.478 e. The van der Waals surface area contributed by atoms with E-state index in [9.17, 15) is 18.0 Å². The van der Waals surface area contributed by atoms with Gasteiger partial charge in [0.25, 0.3) is 0 Å². The molecule has 0 aliphatic rings. The first-order valence-electron chi connectivity index (χ1n) is 5.44. The molecule has 4 nitrogen and oxygen atoms in total. The zero-order valence-corrected chi connectivity index (χ0v) is 9.82. The highest BCUT2D eigenvalue weighted by molar-refractivity contribution is 5.93. The van der Waals surface area contributed by atoms with Crippen LogP contribution in [0.4, 0.5) is 13.2 Å². The molecule has 19 heavy (non-hydrogen) atoms. The Kier molecular flexibility index (Phi) is 3.13. The number of aromatic nitrogens is 2. The van der Waals surface area contributed by atoms with Gasteiger partial charge in [-0.25, -0.2) is 14.8 Å². The van der Waals surface area contributed by atoms with Gasteiger partial charge < -0.3 is 5.11 Å². The standard InChI is InChI=1S/C12H9F3N2O2/c1-2-8-7(11(18)19)5-6-3-4-9(12(13,14)15)17-10(6)16-8/h3-5H,2H2,1H3,(H,18,19). The molecule has 2 aromatic heterocycles. The van der Waals surface area contributed by atoms with Gasteiger partial charge in [-0.15, -0.1) is 0 Å². The maximum atomic E-state index is 12.5. The van der Waals surface area contributed by atoms with Crippen molar-refractivity contribution in [1.82, 2.24) is 9.97 Å². The average Bonchev–Trinajstić information content (AvgIpc) is 2.35. The minimum Gasteiger partial charge on any atom is -0.478 e. The Labute approximate surface area is 105 Å². The zero-order chi connectivity index (χ0) is 14.2. The molecule has 0 spiro atoms. The third-order valence-corrected chi connectivity index (χ3v) is 2.61. The second-order valence-corrected chi connectivity index (χ2v) is 3.88. The Bertz CT molecular complexity index is 653. The number of aryl methyl sites for hydroxylation is 1. The van der Waals surface area contributed by atoms with Crippen molar-refractivity contribution in [2.75, 3.05) is 0 Å². The van der Waals surface area contributed by atoms with Crippen LogP contribution in [0.25, 0.3) is 11.0 Å². The number of pyridine rings is 2. The number of aromatic carboxylic acids is 1. The fourth-order valence-electron chi connectivity index (χ4n) is 1.70. The van der Waals surface area contributed by atoms with Gasteiger partial charge in [-0.3, -0.25) is 0 Å². The van der Waals surface area contributed by atoms with E-state index < -0.39 is 17.8 Å². The summed E-state index contributed by atoms with van der Waals surface area (Å²) in [6.45, 7) is 1.67. The normalized spacial score (nSPS) is 11.8. The van der Waals surface area contributed by atoms with Crippen LogP contribution in [0.5, 0.6) is 0 Å². The summed E-state index contributed by atoms with van der Waals surface area (Å²) in [5.74, 6) is -1.16. The quantitative estimate of drug-likeness (QED) is 0.911. The Morgan fingerprint density at radius 2 is 2.00 bits per heavy atom. The fraction of sp³-hybridized carbons (Fsp3) is 0.250. The summed E-state index contributed by atoms with van der Waals surface area (Å²) in [5, 5.41) is 9.27. The van der Waals surface area contributed by atoms with E-state index in [0.29, 0.717) is 6.42 Å². The highest BCUT2D eigenvalue weighted by atomic mass is 19.4. The van der Waals surface area contributed by atoms with Gasteiger partial charge in [0, 0.05) is 5.39 Å². The summed E-state index contributed by atoms with van der Waals surface area (Å²) < 4.78 is 37.6. The van der Waals surface area contributed by atoms with Crippen LogP contribution in [0.1, 0.15) is 28.7 Å². The number of nitrogens with zero attached hydrogens (tertiary/aromatic N) is 2. The maximum absolute atomic E-state index is 12.5. The van der Waals surface area contributed by atoms with Crippen molar-refractivity contribution < 1.29 is 23.1 Å². The van der Waals surface area contributed by atoms with Crippen LogP contribution in [-0.4, -0.2) is 21.0 Å². The van der Waals surface area contributed by atoms with E-state index >= 15 is 0 Å². The second kappa shape index (κ2) is 4.49. The average molecular weight is 270 g/mol. The van der Waals surface area contributed by atoms with Crippen molar-refractivity contribution in [2.45, 2.75) is 19.5 Å². The number of hydrogen-bond donors (Lipinski definition) is 1. The number of carbonyl (C=O) groups is 1. The first kappa shape index (κ1) is 13.3. The van der Waals surface area contributed by atoms with Crippen molar-refractivity contribution in [1.29, 1.82) is 0 Å². The monoisotopic (exact) mass is 270 g/mol. The topological polar surface area (TPSA) is 63.1 Å². The van der Waals surface area contributed by atoms with Crippen molar-refractivity contribution in [3.8, 4) is 0 Å². The molecule has 0 saturated carbocycles. The molecule has 0 aliphatic carbocycles. The van der Waals surface area contributed by atoms with Gasteiger partial charge in [0.2, 0.25) is 0 Å². The van der Waals surface area contributed by atoms with Crippen LogP contribution in [0.15, 0.2) is 18.2 Å². The van der Waals surface area contributed by atoms with Crippen LogP contribution >= 0.6 is 0 Å². The van der Waals surface area contributed by atoms with Gasteiger partial charge in [0.15, 0.2) is 5.65 Å². The number of halogens is 3. The van der Waals surface area contributed by atoms with Crippen molar-refractivity contribution in [3.63, 3.8) is 0 Å². The molecule has 1 N–H and O–H groups in total. The summed E-state index contributed by atoms with van der Waals surface area (Å²) in [4.78, 5) is 18.3. The minimum absolute atomic E-state index is 0.0171. The number of carboxylic acids is 1. The number of rotatable bonds is 2. The number of carboxylic acid groups (broad SMARTS) is 1. The van der Waals surface area contributed by atoms with Gasteiger partial charge in [-0.2, -0.15) is 13.2 Å². The first-order chi connectivity index (χ1) is 8.82. The Hall–Kier alpha value is -2.18. The predicted molar refractivity (Wildman–Crippen MR) is 60.9 cm³/mol. The summed E-state index contributed by atoms with van der Waals surface area (Å²) in [6, 6.07) is 3.27. The highest BCUT2D eigenvalue weighted by Gasteiger charge is 2.32. The third-order valence-electron chi connectivity index (χ3n) is 2.61. The molecule has 0 amide bonds. The Morgan fingerprint density at radius 1 is 1.32 bits per heavy atom. The molecule has 0 aromatic carbocycles. The van der Waals surface area contributed by atoms with Crippen LogP contribution in [0.3, 0.4) is 0 Å². The lowest BCUT2D eigenvalue weighted by Crippen LogP contribution is -2.10. The molecular weight excluding hydrogens is 261 g/mol. The van der Waals surface area contributed by atoms with Gasteiger partial charge in [-0.05, 0) is 24.6 Å². The lowest BCUT2D eigenvalue weighted by molar-refractivity contribution is -0.141. The van der Waals surface area contributed by atoms with E-state index in [1.807, 2.05) is 0 Å². The maximum Gasteiger partial charge on any atom is 0.433 e. The van der Waals surface area contributed by atoms with E-state index in [1.165, 1.54) is 12.1 Å². The fourth-order valence-corrected chi connectivity index (χ4v) is 1.70. The molecule has 0 unspecified atom stereocenters. The smallest absolute Gasteiger partial charge is 0.433 e. The van der Waals surface area contributed by atoms with Crippen molar-refractivity contribution >= 4 is 17.0 Å². The van der Waals surface area contributed by atoms with Crippen LogP contribution < -0.4 is 0 Å². The molecule has 0 radical (unpaired) electrons. The van der Waals surface area contributed by atoms with Crippen LogP contribution in [0, 0.1) is 0 Å². The summed E-state index contributed by atoms with van der Waals surface area (Å²) in [5.41, 5.74) is -0.947. The van der Waals surface area contributed by atoms with Crippen molar-refractivity contribution in [3.05, 3.63) is 35.2 Å². The molecular formula is C12H9F3N2O2. The Morgan fingerprint density at radius 3 is 2.53 bits per heavy atom. The van der Waals surface area contributed by atoms with Crippen molar-refractivity contribution in [2.24, 2.45) is 0 Å². The van der Waals surface area contributed by atoms with Gasteiger partial charge in [0.05, 0.1) is 11.3 Å². The highest BCUT2D eigenvalue weighted by Crippen LogP contribution is 2.29. The zero-order valence-electron chi connectivity index (χ0n) is 9.82. The molecule has 0 fully saturated rings. The SMILES string of the molecule is CCc1nc2nc(C(F)(F)F)ccc2cc1C(=O)O. The second-order valence-electron chi connectivity index (χ2n) is 3.88. The van der Waals surface area contributed by atoms with Crippen LogP contribution in [0.2, 0.25) is 0 Å². The lowest BCUT2D eigenvalue weighted by atomic mass is 10.1. The minimum atomic E-state index is -4.55. The van der Waals surface area contributed by atoms with E-state index in [0.717, 1.165) is 6.07 Å². The van der Waals surface area contributed by atoms with Crippen LogP contribution in [-0.2, 0) is 12.6 Å². The van der Waals surface area contributed by atoms with E-state index in [1.54, 1.807) is 6.92 Å². The summed E-state index contributed by atoms with van der Waals surface area (Å²) in [6.07, 6.45) is -4.25. The number of alkyl halides is 3. The lowest BCUT2D eigenvalue weighted by Gasteiger charge is -2.08. The predicted octanol–water partition coefficient (Wildman–Crippen LogP) is 2.91. The number of fused-ring (bicyclic) bond motifs is 1. The molecule has 0 saturated heterocycles. The molecule has 2 aromatic rings. The van der Waals surface area contributed by atoms with Gasteiger partial charge in [-0.1, -0.05) is 6.92 Å². The van der Waals surface area contributed by atoms with E-state index in [-0.39, 0.29) is 22.3 Å². The molecule has 2 heterocycles. The molecule has 0 atom stereocenters. The van der Waals surface area contributed by atoms with E-state index in [4.69, 9.17) is 5.11 Å². The summed E-state index contributed by atoms with van der Waals surface area (Å²) in [7, 11) is 0. The van der Waals surface area contributed by atoms with E-state index in [2.05, 4.69) is 9.97 Å². The molecule has 2 rings (SSSR count). The van der Waals surface area contributed by atoms with Gasteiger partial charge >= 0.3 is 12.1 Å². The van der Waals surface area contributed by atoms with Gasteiger partial charge in [0.1, 0.15) is 5.69 Å². The third kappa shape index (κ3) is 2.49.